The number of benzene rings is 1. The van der Waals surface area contributed by atoms with E-state index in [0.717, 1.165) is 6.42 Å². The number of hydrazone groups is 1. The molecule has 1 aliphatic rings. The second-order valence-corrected chi connectivity index (χ2v) is 5.82. The number of carbonyl (C=O) groups is 1. The van der Waals surface area contributed by atoms with Gasteiger partial charge < -0.3 is 0 Å². The van der Waals surface area contributed by atoms with Crippen molar-refractivity contribution in [2.45, 2.75) is 20.3 Å². The maximum absolute atomic E-state index is 12.4. The molecule has 1 heterocycles. The van der Waals surface area contributed by atoms with Crippen LogP contribution in [0, 0.1) is 11.8 Å². The number of anilines is 1. The van der Waals surface area contributed by atoms with E-state index in [1.807, 2.05) is 13.8 Å². The highest BCUT2D eigenvalue weighted by molar-refractivity contribution is 6.68. The molecule has 0 fully saturated rings. The van der Waals surface area contributed by atoms with E-state index in [1.54, 1.807) is 18.2 Å². The number of hydrogen-bond donors (Lipinski definition) is 0. The molecule has 0 radical (unpaired) electrons. The number of halogens is 3. The lowest BCUT2D eigenvalue weighted by molar-refractivity contribution is -0.120. The second kappa shape index (κ2) is 5.70. The fourth-order valence-electron chi connectivity index (χ4n) is 2.00. The van der Waals surface area contributed by atoms with Crippen molar-refractivity contribution in [1.29, 1.82) is 0 Å². The van der Waals surface area contributed by atoms with Crippen molar-refractivity contribution in [2.75, 3.05) is 5.01 Å². The topological polar surface area (TPSA) is 32.7 Å². The van der Waals surface area contributed by atoms with Crippen molar-refractivity contribution in [1.82, 2.24) is 0 Å². The van der Waals surface area contributed by atoms with E-state index in [9.17, 15) is 4.79 Å². The van der Waals surface area contributed by atoms with Gasteiger partial charge in [0.1, 0.15) is 5.17 Å². The summed E-state index contributed by atoms with van der Waals surface area (Å²) in [5, 5.41) is 6.62. The summed E-state index contributed by atoms with van der Waals surface area (Å²) < 4.78 is 0. The van der Waals surface area contributed by atoms with Crippen LogP contribution >= 0.6 is 34.8 Å². The van der Waals surface area contributed by atoms with Gasteiger partial charge in [-0.1, -0.05) is 55.1 Å². The molecule has 0 aliphatic carbocycles. The van der Waals surface area contributed by atoms with Crippen molar-refractivity contribution in [3.05, 3.63) is 28.2 Å². The summed E-state index contributed by atoms with van der Waals surface area (Å²) in [6.07, 6.45) is 0.853. The van der Waals surface area contributed by atoms with E-state index >= 15 is 0 Å². The van der Waals surface area contributed by atoms with E-state index in [-0.39, 0.29) is 17.7 Å². The molecule has 1 aliphatic heterocycles. The molecule has 1 amide bonds. The van der Waals surface area contributed by atoms with Crippen molar-refractivity contribution < 1.29 is 4.79 Å². The minimum Gasteiger partial charge on any atom is -0.272 e. The zero-order valence-electron chi connectivity index (χ0n) is 10.5. The van der Waals surface area contributed by atoms with Gasteiger partial charge in [-0.15, -0.1) is 0 Å². The maximum Gasteiger partial charge on any atom is 0.257 e. The molecule has 102 valence electrons. The van der Waals surface area contributed by atoms with Gasteiger partial charge in [0.15, 0.2) is 0 Å². The summed E-state index contributed by atoms with van der Waals surface area (Å²) in [5.41, 5.74) is 0.534. The molecule has 2 atom stereocenters. The summed E-state index contributed by atoms with van der Waals surface area (Å²) in [6.45, 7) is 4.00. The monoisotopic (exact) mass is 318 g/mol. The maximum atomic E-state index is 12.4. The summed E-state index contributed by atoms with van der Waals surface area (Å²) in [4.78, 5) is 12.4. The Morgan fingerprint density at radius 3 is 2.37 bits per heavy atom. The molecule has 19 heavy (non-hydrogen) atoms. The molecule has 1 aromatic rings. The van der Waals surface area contributed by atoms with Gasteiger partial charge in [-0.25, -0.2) is 0 Å². The summed E-state index contributed by atoms with van der Waals surface area (Å²) in [7, 11) is 0. The summed E-state index contributed by atoms with van der Waals surface area (Å²) >= 11 is 18.0. The predicted molar refractivity (Wildman–Crippen MR) is 80.2 cm³/mol. The smallest absolute Gasteiger partial charge is 0.257 e. The number of carbonyl (C=O) groups excluding carboxylic acids is 1. The average molecular weight is 320 g/mol. The normalized spacial score (nSPS) is 20.7. The van der Waals surface area contributed by atoms with Gasteiger partial charge in [0.25, 0.3) is 5.91 Å². The molecule has 2 unspecified atom stereocenters. The van der Waals surface area contributed by atoms with Crippen LogP contribution in [0.2, 0.25) is 10.0 Å². The summed E-state index contributed by atoms with van der Waals surface area (Å²) in [6, 6.07) is 4.88. The Morgan fingerprint density at radius 2 is 1.84 bits per heavy atom. The van der Waals surface area contributed by atoms with Crippen molar-refractivity contribution >= 4 is 51.6 Å². The Bertz CT molecular complexity index is 524. The molecule has 0 bridgehead atoms. The minimum absolute atomic E-state index is 0.141. The molecular formula is C13H13Cl3N2O. The van der Waals surface area contributed by atoms with E-state index < -0.39 is 0 Å². The highest BCUT2D eigenvalue weighted by Gasteiger charge is 2.38. The molecule has 0 saturated carbocycles. The van der Waals surface area contributed by atoms with Crippen LogP contribution in [0.3, 0.4) is 0 Å². The predicted octanol–water partition coefficient (Wildman–Crippen LogP) is 4.55. The Kier molecular flexibility index (Phi) is 4.39. The fraction of sp³-hybridized carbons (Fsp3) is 0.385. The van der Waals surface area contributed by atoms with Crippen LogP contribution in [0.25, 0.3) is 0 Å². The van der Waals surface area contributed by atoms with Gasteiger partial charge in [-0.05, 0) is 24.1 Å². The standard InChI is InChI=1S/C13H13Cl3N2O/c1-3-7(2)11-12(16)17-18(13(11)19)10-5-8(14)4-9(15)6-10/h4-7,11H,3H2,1-2H3. The SMILES string of the molecule is CCC(C)C1C(=O)N(c2cc(Cl)cc(Cl)c2)N=C1Cl. The number of nitrogens with zero attached hydrogens (tertiary/aromatic N) is 2. The first-order chi connectivity index (χ1) is 8.93. The number of hydrogen-bond acceptors (Lipinski definition) is 2. The largest absolute Gasteiger partial charge is 0.272 e. The minimum atomic E-state index is -0.385. The Hall–Kier alpha value is -0.770. The third-order valence-electron chi connectivity index (χ3n) is 3.23. The van der Waals surface area contributed by atoms with E-state index in [0.29, 0.717) is 20.9 Å². The first-order valence-corrected chi connectivity index (χ1v) is 7.11. The number of amides is 1. The Labute approximate surface area is 127 Å². The Morgan fingerprint density at radius 1 is 1.26 bits per heavy atom. The molecule has 0 saturated heterocycles. The van der Waals surface area contributed by atoms with Crippen LogP contribution in [-0.2, 0) is 4.79 Å². The van der Waals surface area contributed by atoms with Crippen LogP contribution in [0.4, 0.5) is 5.69 Å². The zero-order chi connectivity index (χ0) is 14.2. The highest BCUT2D eigenvalue weighted by Crippen LogP contribution is 2.33. The lowest BCUT2D eigenvalue weighted by atomic mass is 9.92. The van der Waals surface area contributed by atoms with Gasteiger partial charge in [0.2, 0.25) is 0 Å². The number of rotatable bonds is 3. The van der Waals surface area contributed by atoms with Crippen molar-refractivity contribution in [3.63, 3.8) is 0 Å². The molecule has 3 nitrogen and oxygen atoms in total. The molecule has 0 N–H and O–H groups in total. The van der Waals surface area contributed by atoms with Crippen LogP contribution in [0.15, 0.2) is 23.3 Å². The van der Waals surface area contributed by atoms with Crippen molar-refractivity contribution in [2.24, 2.45) is 16.9 Å². The third kappa shape index (κ3) is 2.88. The molecule has 0 aromatic heterocycles. The van der Waals surface area contributed by atoms with Crippen LogP contribution in [0.5, 0.6) is 0 Å². The summed E-state index contributed by atoms with van der Waals surface area (Å²) in [5.74, 6) is -0.384. The van der Waals surface area contributed by atoms with E-state index in [4.69, 9.17) is 34.8 Å². The Balaban J connectivity index is 2.35. The van der Waals surface area contributed by atoms with Crippen LogP contribution in [0.1, 0.15) is 20.3 Å². The molecule has 1 aromatic carbocycles. The zero-order valence-corrected chi connectivity index (χ0v) is 12.8. The average Bonchev–Trinajstić information content (AvgIpc) is 2.63. The fourth-order valence-corrected chi connectivity index (χ4v) is 2.90. The molecular weight excluding hydrogens is 307 g/mol. The van der Waals surface area contributed by atoms with Gasteiger partial charge in [0.05, 0.1) is 11.6 Å². The van der Waals surface area contributed by atoms with E-state index in [1.165, 1.54) is 5.01 Å². The quantitative estimate of drug-likeness (QED) is 0.804. The van der Waals surface area contributed by atoms with Crippen LogP contribution < -0.4 is 5.01 Å². The lowest BCUT2D eigenvalue weighted by Gasteiger charge is -2.18. The van der Waals surface area contributed by atoms with Gasteiger partial charge in [-0.3, -0.25) is 4.79 Å². The van der Waals surface area contributed by atoms with Gasteiger partial charge in [-0.2, -0.15) is 10.1 Å². The van der Waals surface area contributed by atoms with Crippen LogP contribution in [-0.4, -0.2) is 11.1 Å². The highest BCUT2D eigenvalue weighted by atomic mass is 35.5. The molecule has 6 heteroatoms. The van der Waals surface area contributed by atoms with Crippen molar-refractivity contribution in [3.8, 4) is 0 Å². The van der Waals surface area contributed by atoms with Gasteiger partial charge in [0, 0.05) is 10.0 Å². The van der Waals surface area contributed by atoms with E-state index in [2.05, 4.69) is 5.10 Å². The first kappa shape index (κ1) is 14.6. The first-order valence-electron chi connectivity index (χ1n) is 5.98. The van der Waals surface area contributed by atoms with Gasteiger partial charge >= 0.3 is 0 Å². The molecule has 2 rings (SSSR count). The molecule has 0 spiro atoms. The second-order valence-electron chi connectivity index (χ2n) is 4.56. The lowest BCUT2D eigenvalue weighted by Crippen LogP contribution is -2.30. The third-order valence-corrected chi connectivity index (χ3v) is 3.98.